The van der Waals surface area contributed by atoms with Crippen LogP contribution in [0.15, 0.2) is 18.2 Å². The second-order valence-corrected chi connectivity index (χ2v) is 6.01. The van der Waals surface area contributed by atoms with Crippen molar-refractivity contribution in [3.63, 3.8) is 0 Å². The first-order valence-electron chi connectivity index (χ1n) is 7.46. The van der Waals surface area contributed by atoms with Gasteiger partial charge < -0.3 is 15.5 Å². The van der Waals surface area contributed by atoms with E-state index in [1.54, 1.807) is 4.90 Å². The highest BCUT2D eigenvalue weighted by atomic mass is 19.1. The number of nitrogens with zero attached hydrogens (tertiary/aromatic N) is 2. The first-order chi connectivity index (χ1) is 9.90. The van der Waals surface area contributed by atoms with Crippen molar-refractivity contribution in [2.45, 2.75) is 38.8 Å². The number of piperidine rings is 1. The second kappa shape index (κ2) is 6.43. The summed E-state index contributed by atoms with van der Waals surface area (Å²) in [5.41, 5.74) is 6.00. The Morgan fingerprint density at radius 1 is 1.38 bits per heavy atom. The van der Waals surface area contributed by atoms with E-state index in [9.17, 15) is 9.18 Å². The summed E-state index contributed by atoms with van der Waals surface area (Å²) >= 11 is 0. The minimum atomic E-state index is -0.487. The van der Waals surface area contributed by atoms with Crippen molar-refractivity contribution >= 4 is 11.6 Å². The number of carbonyl (C=O) groups excluding carboxylic acids is 1. The van der Waals surface area contributed by atoms with E-state index in [-0.39, 0.29) is 17.6 Å². The van der Waals surface area contributed by atoms with Crippen LogP contribution in [0.5, 0.6) is 0 Å². The van der Waals surface area contributed by atoms with Gasteiger partial charge in [0.15, 0.2) is 0 Å². The monoisotopic (exact) mass is 293 g/mol. The summed E-state index contributed by atoms with van der Waals surface area (Å²) in [6.45, 7) is 6.39. The van der Waals surface area contributed by atoms with Crippen molar-refractivity contribution in [3.05, 3.63) is 29.6 Å². The van der Waals surface area contributed by atoms with Crippen LogP contribution < -0.4 is 5.73 Å². The van der Waals surface area contributed by atoms with Crippen LogP contribution in [0.2, 0.25) is 0 Å². The third-order valence-electron chi connectivity index (χ3n) is 4.34. The first-order valence-corrected chi connectivity index (χ1v) is 7.46. The van der Waals surface area contributed by atoms with Gasteiger partial charge in [-0.1, -0.05) is 0 Å². The molecule has 0 saturated carbocycles. The number of anilines is 1. The number of hydrogen-bond acceptors (Lipinski definition) is 3. The van der Waals surface area contributed by atoms with Crippen molar-refractivity contribution in [1.29, 1.82) is 0 Å². The van der Waals surface area contributed by atoms with E-state index in [1.807, 2.05) is 7.05 Å². The number of likely N-dealkylation sites (tertiary alicyclic amines) is 1. The van der Waals surface area contributed by atoms with Gasteiger partial charge in [0.2, 0.25) is 0 Å². The SMILES string of the molecule is CC(C)N1CCC(N(C)C(=O)c2ccc(F)c(N)c2)CC1. The van der Waals surface area contributed by atoms with Gasteiger partial charge in [-0.15, -0.1) is 0 Å². The summed E-state index contributed by atoms with van der Waals surface area (Å²) < 4.78 is 13.2. The van der Waals surface area contributed by atoms with Crippen LogP contribution in [-0.4, -0.2) is 47.9 Å². The van der Waals surface area contributed by atoms with Crippen LogP contribution >= 0.6 is 0 Å². The predicted octanol–water partition coefficient (Wildman–Crippen LogP) is 2.35. The molecule has 1 saturated heterocycles. The maximum Gasteiger partial charge on any atom is 0.253 e. The van der Waals surface area contributed by atoms with Crippen LogP contribution in [0.1, 0.15) is 37.0 Å². The number of rotatable bonds is 3. The Kier molecular flexibility index (Phi) is 4.83. The molecular formula is C16H24FN3O. The number of nitrogen functional groups attached to an aromatic ring is 1. The standard InChI is InChI=1S/C16H24FN3O/c1-11(2)20-8-6-13(7-9-20)19(3)16(21)12-4-5-14(17)15(18)10-12/h4-5,10-11,13H,6-9,18H2,1-3H3. The molecule has 4 nitrogen and oxygen atoms in total. The molecular weight excluding hydrogens is 269 g/mol. The molecule has 0 atom stereocenters. The lowest BCUT2D eigenvalue weighted by Crippen LogP contribution is -2.47. The quantitative estimate of drug-likeness (QED) is 0.870. The highest BCUT2D eigenvalue weighted by Crippen LogP contribution is 2.20. The lowest BCUT2D eigenvalue weighted by molar-refractivity contribution is 0.0615. The molecule has 21 heavy (non-hydrogen) atoms. The van der Waals surface area contributed by atoms with E-state index in [0.29, 0.717) is 11.6 Å². The Bertz CT molecular complexity index is 510. The Balaban J connectivity index is 2.01. The summed E-state index contributed by atoms with van der Waals surface area (Å²) in [5, 5.41) is 0. The number of nitrogens with two attached hydrogens (primary N) is 1. The Morgan fingerprint density at radius 3 is 2.52 bits per heavy atom. The van der Waals surface area contributed by atoms with E-state index < -0.39 is 5.82 Å². The Hall–Kier alpha value is -1.62. The van der Waals surface area contributed by atoms with Crippen molar-refractivity contribution < 1.29 is 9.18 Å². The van der Waals surface area contributed by atoms with Crippen LogP contribution in [0.3, 0.4) is 0 Å². The van der Waals surface area contributed by atoms with Gasteiger partial charge in [0.25, 0.3) is 5.91 Å². The molecule has 0 aromatic heterocycles. The summed E-state index contributed by atoms with van der Waals surface area (Å²) in [7, 11) is 1.82. The highest BCUT2D eigenvalue weighted by molar-refractivity contribution is 5.95. The first kappa shape index (κ1) is 15.8. The molecule has 1 aliphatic heterocycles. The second-order valence-electron chi connectivity index (χ2n) is 6.01. The predicted molar refractivity (Wildman–Crippen MR) is 82.6 cm³/mol. The molecule has 0 radical (unpaired) electrons. The largest absolute Gasteiger partial charge is 0.396 e. The van der Waals surface area contributed by atoms with Crippen molar-refractivity contribution in [2.24, 2.45) is 0 Å². The maximum absolute atomic E-state index is 13.2. The molecule has 5 heteroatoms. The highest BCUT2D eigenvalue weighted by Gasteiger charge is 2.27. The van der Waals surface area contributed by atoms with E-state index in [0.717, 1.165) is 25.9 Å². The van der Waals surface area contributed by atoms with Gasteiger partial charge in [-0.25, -0.2) is 4.39 Å². The number of halogens is 1. The molecule has 1 aromatic rings. The average Bonchev–Trinajstić information content (AvgIpc) is 2.48. The number of benzene rings is 1. The molecule has 1 heterocycles. The Morgan fingerprint density at radius 2 is 2.00 bits per heavy atom. The van der Waals surface area contributed by atoms with E-state index in [1.165, 1.54) is 18.2 Å². The molecule has 0 bridgehead atoms. The third kappa shape index (κ3) is 3.53. The van der Waals surface area contributed by atoms with Gasteiger partial charge in [0, 0.05) is 37.8 Å². The summed E-state index contributed by atoms with van der Waals surface area (Å²) in [4.78, 5) is 16.6. The van der Waals surface area contributed by atoms with E-state index in [4.69, 9.17) is 5.73 Å². The van der Waals surface area contributed by atoms with Crippen molar-refractivity contribution in [3.8, 4) is 0 Å². The molecule has 2 N–H and O–H groups in total. The molecule has 0 spiro atoms. The fourth-order valence-electron chi connectivity index (χ4n) is 2.84. The molecule has 1 amide bonds. The van der Waals surface area contributed by atoms with Gasteiger partial charge in [0.05, 0.1) is 5.69 Å². The van der Waals surface area contributed by atoms with Gasteiger partial charge in [-0.05, 0) is 44.9 Å². The van der Waals surface area contributed by atoms with Crippen LogP contribution in [-0.2, 0) is 0 Å². The maximum atomic E-state index is 13.2. The Labute approximate surface area is 125 Å². The fraction of sp³-hybridized carbons (Fsp3) is 0.562. The third-order valence-corrected chi connectivity index (χ3v) is 4.34. The van der Waals surface area contributed by atoms with Crippen molar-refractivity contribution in [1.82, 2.24) is 9.80 Å². The van der Waals surface area contributed by atoms with Crippen LogP contribution in [0, 0.1) is 5.82 Å². The average molecular weight is 293 g/mol. The zero-order valence-electron chi connectivity index (χ0n) is 13.0. The van der Waals surface area contributed by atoms with Gasteiger partial charge >= 0.3 is 0 Å². The van der Waals surface area contributed by atoms with Crippen molar-refractivity contribution in [2.75, 3.05) is 25.9 Å². The molecule has 116 valence electrons. The number of amides is 1. The summed E-state index contributed by atoms with van der Waals surface area (Å²) in [5.74, 6) is -0.579. The van der Waals surface area contributed by atoms with Crippen LogP contribution in [0.4, 0.5) is 10.1 Å². The van der Waals surface area contributed by atoms with Gasteiger partial charge in [-0.2, -0.15) is 0 Å². The smallest absolute Gasteiger partial charge is 0.253 e. The summed E-state index contributed by atoms with van der Waals surface area (Å²) in [6, 6.07) is 4.94. The molecule has 2 rings (SSSR count). The van der Waals surface area contributed by atoms with Gasteiger partial charge in [0.1, 0.15) is 5.82 Å². The molecule has 0 unspecified atom stereocenters. The summed E-state index contributed by atoms with van der Waals surface area (Å²) in [6.07, 6.45) is 1.94. The van der Waals surface area contributed by atoms with Crippen LogP contribution in [0.25, 0.3) is 0 Å². The normalized spacial score (nSPS) is 17.2. The van der Waals surface area contributed by atoms with E-state index >= 15 is 0 Å². The lowest BCUT2D eigenvalue weighted by Gasteiger charge is -2.38. The topological polar surface area (TPSA) is 49.6 Å². The molecule has 1 fully saturated rings. The molecule has 1 aromatic carbocycles. The van der Waals surface area contributed by atoms with E-state index in [2.05, 4.69) is 18.7 Å². The zero-order valence-corrected chi connectivity index (χ0v) is 13.0. The number of hydrogen-bond donors (Lipinski definition) is 1. The molecule has 0 aliphatic carbocycles. The minimum Gasteiger partial charge on any atom is -0.396 e. The lowest BCUT2D eigenvalue weighted by atomic mass is 10.0. The molecule has 1 aliphatic rings. The fourth-order valence-corrected chi connectivity index (χ4v) is 2.84. The zero-order chi connectivity index (χ0) is 15.6. The number of carbonyl (C=O) groups is 1. The minimum absolute atomic E-state index is 0.0175. The van der Waals surface area contributed by atoms with Gasteiger partial charge in [-0.3, -0.25) is 4.79 Å².